The summed E-state index contributed by atoms with van der Waals surface area (Å²) in [5, 5.41) is 0. The number of amides is 1. The van der Waals surface area contributed by atoms with Gasteiger partial charge in [0.2, 0.25) is 0 Å². The van der Waals surface area contributed by atoms with E-state index < -0.39 is 5.60 Å². The van der Waals surface area contributed by atoms with E-state index >= 15 is 0 Å². The Bertz CT molecular complexity index is 358. The molecule has 1 heterocycles. The number of carbonyl (C=O) groups excluding carboxylic acids is 1. The van der Waals surface area contributed by atoms with Crippen LogP contribution < -0.4 is 5.73 Å². The molecule has 1 rings (SSSR count). The van der Waals surface area contributed by atoms with Gasteiger partial charge in [-0.05, 0) is 59.8 Å². The van der Waals surface area contributed by atoms with E-state index in [1.54, 1.807) is 6.08 Å². The van der Waals surface area contributed by atoms with Crippen molar-refractivity contribution in [2.45, 2.75) is 71.1 Å². The standard InChI is InChI=1S/C16H30N2O2/c1-7-13(17)9-8-12-10-16(5,6)18(11-12)14(19)20-15(2,3)4/h7,12-13H,1,8-11,17H2,2-6H3/t12-,13?/m0/s1. The van der Waals surface area contributed by atoms with Crippen molar-refractivity contribution >= 4 is 6.09 Å². The van der Waals surface area contributed by atoms with Gasteiger partial charge in [0, 0.05) is 18.1 Å². The molecule has 4 nitrogen and oxygen atoms in total. The normalized spacial score (nSPS) is 23.5. The van der Waals surface area contributed by atoms with Crippen LogP contribution in [0.1, 0.15) is 53.9 Å². The van der Waals surface area contributed by atoms with Crippen molar-refractivity contribution in [2.75, 3.05) is 6.54 Å². The third-order valence-electron chi connectivity index (χ3n) is 3.78. The van der Waals surface area contributed by atoms with Crippen LogP contribution in [-0.2, 0) is 4.74 Å². The zero-order valence-corrected chi connectivity index (χ0v) is 13.6. The van der Waals surface area contributed by atoms with E-state index in [-0.39, 0.29) is 17.7 Å². The number of ether oxygens (including phenoxy) is 1. The van der Waals surface area contributed by atoms with Gasteiger partial charge in [-0.2, -0.15) is 0 Å². The number of rotatable bonds is 4. The first-order valence-electron chi connectivity index (χ1n) is 7.44. The van der Waals surface area contributed by atoms with Gasteiger partial charge in [0.25, 0.3) is 0 Å². The molecule has 1 saturated heterocycles. The van der Waals surface area contributed by atoms with Crippen LogP contribution in [0.25, 0.3) is 0 Å². The number of carbonyl (C=O) groups is 1. The maximum absolute atomic E-state index is 12.3. The summed E-state index contributed by atoms with van der Waals surface area (Å²) in [6, 6.07) is 0.0497. The first-order valence-corrected chi connectivity index (χ1v) is 7.44. The van der Waals surface area contributed by atoms with Crippen molar-refractivity contribution < 1.29 is 9.53 Å². The lowest BCUT2D eigenvalue weighted by Crippen LogP contribution is -2.45. The fraction of sp³-hybridized carbons (Fsp3) is 0.812. The van der Waals surface area contributed by atoms with Crippen LogP contribution >= 0.6 is 0 Å². The van der Waals surface area contributed by atoms with E-state index in [1.165, 1.54) is 0 Å². The average Bonchev–Trinajstić information content (AvgIpc) is 2.59. The molecule has 0 saturated carbocycles. The van der Waals surface area contributed by atoms with Crippen molar-refractivity contribution in [1.29, 1.82) is 0 Å². The minimum Gasteiger partial charge on any atom is -0.444 e. The van der Waals surface area contributed by atoms with Gasteiger partial charge in [0.15, 0.2) is 0 Å². The Balaban J connectivity index is 2.60. The summed E-state index contributed by atoms with van der Waals surface area (Å²) < 4.78 is 5.50. The number of hydrogen-bond acceptors (Lipinski definition) is 3. The molecule has 1 aliphatic rings. The molecule has 116 valence electrons. The van der Waals surface area contributed by atoms with Gasteiger partial charge < -0.3 is 15.4 Å². The molecule has 0 aromatic carbocycles. The van der Waals surface area contributed by atoms with Gasteiger partial charge in [-0.15, -0.1) is 6.58 Å². The number of hydrogen-bond donors (Lipinski definition) is 1. The number of likely N-dealkylation sites (tertiary alicyclic amines) is 1. The Kier molecular flexibility index (Phi) is 5.25. The first-order chi connectivity index (χ1) is 9.05. The Labute approximate surface area is 123 Å². The molecule has 0 radical (unpaired) electrons. The molecule has 1 amide bonds. The van der Waals surface area contributed by atoms with E-state index in [4.69, 9.17) is 10.5 Å². The van der Waals surface area contributed by atoms with Crippen LogP contribution in [0.2, 0.25) is 0 Å². The lowest BCUT2D eigenvalue weighted by molar-refractivity contribution is 0.0131. The van der Waals surface area contributed by atoms with E-state index in [0.29, 0.717) is 5.92 Å². The maximum Gasteiger partial charge on any atom is 0.410 e. The summed E-state index contributed by atoms with van der Waals surface area (Å²) >= 11 is 0. The van der Waals surface area contributed by atoms with Crippen LogP contribution in [0.4, 0.5) is 4.79 Å². The van der Waals surface area contributed by atoms with E-state index in [2.05, 4.69) is 20.4 Å². The SMILES string of the molecule is C=CC(N)CC[C@@H]1CN(C(=O)OC(C)(C)C)C(C)(C)C1. The zero-order chi connectivity index (χ0) is 15.6. The molecular weight excluding hydrogens is 252 g/mol. The summed E-state index contributed by atoms with van der Waals surface area (Å²) in [4.78, 5) is 14.1. The van der Waals surface area contributed by atoms with Gasteiger partial charge in [-0.1, -0.05) is 6.08 Å². The molecule has 1 fully saturated rings. The highest BCUT2D eigenvalue weighted by molar-refractivity contribution is 5.69. The van der Waals surface area contributed by atoms with Crippen molar-refractivity contribution in [1.82, 2.24) is 4.90 Å². The van der Waals surface area contributed by atoms with Crippen LogP contribution in [0.5, 0.6) is 0 Å². The van der Waals surface area contributed by atoms with Gasteiger partial charge in [0.05, 0.1) is 0 Å². The summed E-state index contributed by atoms with van der Waals surface area (Å²) in [6.45, 7) is 14.4. The number of nitrogens with zero attached hydrogens (tertiary/aromatic N) is 1. The van der Waals surface area contributed by atoms with Gasteiger partial charge in [-0.3, -0.25) is 0 Å². The predicted octanol–water partition coefficient (Wildman–Crippen LogP) is 3.32. The fourth-order valence-corrected chi connectivity index (χ4v) is 2.76. The largest absolute Gasteiger partial charge is 0.444 e. The zero-order valence-electron chi connectivity index (χ0n) is 13.6. The van der Waals surface area contributed by atoms with Crippen LogP contribution in [-0.4, -0.2) is 34.7 Å². The summed E-state index contributed by atoms with van der Waals surface area (Å²) in [6.07, 6.45) is 4.52. The average molecular weight is 282 g/mol. The quantitative estimate of drug-likeness (QED) is 0.805. The maximum atomic E-state index is 12.3. The Morgan fingerprint density at radius 3 is 2.65 bits per heavy atom. The monoisotopic (exact) mass is 282 g/mol. The summed E-state index contributed by atoms with van der Waals surface area (Å²) in [5.41, 5.74) is 5.28. The van der Waals surface area contributed by atoms with Crippen molar-refractivity contribution in [3.63, 3.8) is 0 Å². The highest BCUT2D eigenvalue weighted by atomic mass is 16.6. The number of nitrogens with two attached hydrogens (primary N) is 1. The third kappa shape index (κ3) is 4.82. The molecular formula is C16H30N2O2. The molecule has 1 unspecified atom stereocenters. The molecule has 0 aromatic heterocycles. The van der Waals surface area contributed by atoms with Crippen molar-refractivity contribution in [2.24, 2.45) is 11.7 Å². The van der Waals surface area contributed by atoms with E-state index in [1.807, 2.05) is 25.7 Å². The molecule has 20 heavy (non-hydrogen) atoms. The predicted molar refractivity (Wildman–Crippen MR) is 82.5 cm³/mol. The Morgan fingerprint density at radius 1 is 1.55 bits per heavy atom. The van der Waals surface area contributed by atoms with Crippen LogP contribution in [0.3, 0.4) is 0 Å². The van der Waals surface area contributed by atoms with Crippen molar-refractivity contribution in [3.05, 3.63) is 12.7 Å². The van der Waals surface area contributed by atoms with E-state index in [9.17, 15) is 4.79 Å². The summed E-state index contributed by atoms with van der Waals surface area (Å²) in [7, 11) is 0. The lowest BCUT2D eigenvalue weighted by atomic mass is 9.92. The topological polar surface area (TPSA) is 55.6 Å². The molecule has 2 N–H and O–H groups in total. The minimum atomic E-state index is -0.448. The second-order valence-corrected chi connectivity index (χ2v) is 7.45. The molecule has 1 aliphatic heterocycles. The van der Waals surface area contributed by atoms with Gasteiger partial charge >= 0.3 is 6.09 Å². The second kappa shape index (κ2) is 6.17. The third-order valence-corrected chi connectivity index (χ3v) is 3.78. The van der Waals surface area contributed by atoms with Crippen LogP contribution in [0.15, 0.2) is 12.7 Å². The summed E-state index contributed by atoms with van der Waals surface area (Å²) in [5.74, 6) is 0.489. The lowest BCUT2D eigenvalue weighted by Gasteiger charge is -2.33. The molecule has 0 aromatic rings. The minimum absolute atomic E-state index is 0.0497. The molecule has 0 bridgehead atoms. The molecule has 4 heteroatoms. The van der Waals surface area contributed by atoms with Gasteiger partial charge in [0.1, 0.15) is 5.60 Å². The van der Waals surface area contributed by atoms with Crippen LogP contribution in [0, 0.1) is 5.92 Å². The van der Waals surface area contributed by atoms with E-state index in [0.717, 1.165) is 25.8 Å². The molecule has 0 aliphatic carbocycles. The highest BCUT2D eigenvalue weighted by Crippen LogP contribution is 2.36. The second-order valence-electron chi connectivity index (χ2n) is 7.45. The van der Waals surface area contributed by atoms with Crippen molar-refractivity contribution in [3.8, 4) is 0 Å². The highest BCUT2D eigenvalue weighted by Gasteiger charge is 2.42. The molecule has 2 atom stereocenters. The molecule has 0 spiro atoms. The Morgan fingerprint density at radius 2 is 2.15 bits per heavy atom. The first kappa shape index (κ1) is 17.0. The fourth-order valence-electron chi connectivity index (χ4n) is 2.76. The van der Waals surface area contributed by atoms with Gasteiger partial charge in [-0.25, -0.2) is 4.79 Å². The smallest absolute Gasteiger partial charge is 0.410 e. The Hall–Kier alpha value is -1.03.